The molecule has 0 atom stereocenters. The second-order valence-corrected chi connectivity index (χ2v) is 4.70. The van der Waals surface area contributed by atoms with E-state index >= 15 is 0 Å². The van der Waals surface area contributed by atoms with Crippen molar-refractivity contribution in [1.29, 1.82) is 0 Å². The summed E-state index contributed by atoms with van der Waals surface area (Å²) in [6, 6.07) is 8.61. The van der Waals surface area contributed by atoms with E-state index in [4.69, 9.17) is 0 Å². The van der Waals surface area contributed by atoms with E-state index in [1.807, 2.05) is 0 Å². The Morgan fingerprint density at radius 1 is 1.12 bits per heavy atom. The fourth-order valence-electron chi connectivity index (χ4n) is 2.05. The number of nitrogens with one attached hydrogen (secondary N) is 1. The molecule has 0 amide bonds. The SMILES string of the molecule is CCN(CC)CCNc1ccccc1C(C)C. The van der Waals surface area contributed by atoms with E-state index in [0.29, 0.717) is 5.92 Å². The maximum absolute atomic E-state index is 3.55. The molecule has 0 spiro atoms. The molecule has 0 bridgehead atoms. The van der Waals surface area contributed by atoms with Crippen LogP contribution in [0, 0.1) is 0 Å². The second kappa shape index (κ2) is 7.33. The molecule has 2 nitrogen and oxygen atoms in total. The Hall–Kier alpha value is -1.02. The highest BCUT2D eigenvalue weighted by molar-refractivity contribution is 5.52. The van der Waals surface area contributed by atoms with Gasteiger partial charge in [0.15, 0.2) is 0 Å². The lowest BCUT2D eigenvalue weighted by atomic mass is 10.0. The third kappa shape index (κ3) is 4.39. The van der Waals surface area contributed by atoms with Crippen LogP contribution < -0.4 is 5.32 Å². The predicted octanol–water partition coefficient (Wildman–Crippen LogP) is 3.56. The maximum atomic E-state index is 3.55. The highest BCUT2D eigenvalue weighted by Gasteiger charge is 2.05. The van der Waals surface area contributed by atoms with E-state index in [1.165, 1.54) is 11.3 Å². The van der Waals surface area contributed by atoms with Crippen LogP contribution >= 0.6 is 0 Å². The normalized spacial score (nSPS) is 11.2. The molecule has 1 aromatic carbocycles. The van der Waals surface area contributed by atoms with Crippen LogP contribution in [-0.4, -0.2) is 31.1 Å². The van der Waals surface area contributed by atoms with Gasteiger partial charge >= 0.3 is 0 Å². The largest absolute Gasteiger partial charge is 0.384 e. The highest BCUT2D eigenvalue weighted by atomic mass is 15.1. The van der Waals surface area contributed by atoms with Gasteiger partial charge in [-0.15, -0.1) is 0 Å². The molecule has 0 aromatic heterocycles. The zero-order chi connectivity index (χ0) is 12.7. The smallest absolute Gasteiger partial charge is 0.0375 e. The minimum atomic E-state index is 0.576. The third-order valence-corrected chi connectivity index (χ3v) is 3.22. The fourth-order valence-corrected chi connectivity index (χ4v) is 2.05. The van der Waals surface area contributed by atoms with E-state index < -0.39 is 0 Å². The van der Waals surface area contributed by atoms with Crippen molar-refractivity contribution in [3.63, 3.8) is 0 Å². The zero-order valence-electron chi connectivity index (χ0n) is 11.7. The van der Waals surface area contributed by atoms with E-state index in [9.17, 15) is 0 Å². The molecule has 0 saturated carbocycles. The molecule has 0 aliphatic rings. The van der Waals surface area contributed by atoms with Crippen LogP contribution in [0.15, 0.2) is 24.3 Å². The van der Waals surface area contributed by atoms with Gasteiger partial charge in [0.05, 0.1) is 0 Å². The number of rotatable bonds is 7. The Kier molecular flexibility index (Phi) is 6.06. The summed E-state index contributed by atoms with van der Waals surface area (Å²) in [5.74, 6) is 0.576. The van der Waals surface area contributed by atoms with Crippen molar-refractivity contribution in [3.8, 4) is 0 Å². The topological polar surface area (TPSA) is 15.3 Å². The van der Waals surface area contributed by atoms with Crippen LogP contribution in [0.4, 0.5) is 5.69 Å². The highest BCUT2D eigenvalue weighted by Crippen LogP contribution is 2.23. The molecule has 0 heterocycles. The molecule has 1 rings (SSSR count). The summed E-state index contributed by atoms with van der Waals surface area (Å²) >= 11 is 0. The average Bonchev–Trinajstić information content (AvgIpc) is 2.35. The van der Waals surface area contributed by atoms with Crippen LogP contribution in [0.25, 0.3) is 0 Å². The van der Waals surface area contributed by atoms with Gasteiger partial charge in [-0.1, -0.05) is 45.9 Å². The van der Waals surface area contributed by atoms with Gasteiger partial charge in [-0.2, -0.15) is 0 Å². The maximum Gasteiger partial charge on any atom is 0.0375 e. The Balaban J connectivity index is 2.51. The molecule has 0 unspecified atom stereocenters. The summed E-state index contributed by atoms with van der Waals surface area (Å²) in [6.07, 6.45) is 0. The van der Waals surface area contributed by atoms with Crippen molar-refractivity contribution in [2.45, 2.75) is 33.6 Å². The summed E-state index contributed by atoms with van der Waals surface area (Å²) in [5.41, 5.74) is 2.70. The van der Waals surface area contributed by atoms with Gasteiger partial charge in [0.25, 0.3) is 0 Å². The summed E-state index contributed by atoms with van der Waals surface area (Å²) in [5, 5.41) is 3.55. The standard InChI is InChI=1S/C15H26N2/c1-5-17(6-2)12-11-16-15-10-8-7-9-14(15)13(3)4/h7-10,13,16H,5-6,11-12H2,1-4H3. The van der Waals surface area contributed by atoms with Crippen molar-refractivity contribution < 1.29 is 0 Å². The Morgan fingerprint density at radius 2 is 1.76 bits per heavy atom. The van der Waals surface area contributed by atoms with Gasteiger partial charge in [-0.3, -0.25) is 0 Å². The number of hydrogen-bond donors (Lipinski definition) is 1. The number of hydrogen-bond acceptors (Lipinski definition) is 2. The molecule has 0 aliphatic heterocycles. The van der Waals surface area contributed by atoms with Crippen molar-refractivity contribution >= 4 is 5.69 Å². The van der Waals surface area contributed by atoms with Crippen LogP contribution in [0.2, 0.25) is 0 Å². The van der Waals surface area contributed by atoms with Crippen LogP contribution in [0.1, 0.15) is 39.2 Å². The number of anilines is 1. The molecule has 2 heteroatoms. The lowest BCUT2D eigenvalue weighted by Gasteiger charge is -2.20. The van der Waals surface area contributed by atoms with E-state index in [1.54, 1.807) is 0 Å². The van der Waals surface area contributed by atoms with Gasteiger partial charge in [0.1, 0.15) is 0 Å². The summed E-state index contributed by atoms with van der Waals surface area (Å²) in [6.45, 7) is 13.3. The zero-order valence-corrected chi connectivity index (χ0v) is 11.7. The number of likely N-dealkylation sites (N-methyl/N-ethyl adjacent to an activating group) is 1. The molecule has 96 valence electrons. The summed E-state index contributed by atoms with van der Waals surface area (Å²) in [7, 11) is 0. The first kappa shape index (κ1) is 14.0. The minimum absolute atomic E-state index is 0.576. The van der Waals surface area contributed by atoms with Gasteiger partial charge in [-0.25, -0.2) is 0 Å². The molecule has 17 heavy (non-hydrogen) atoms. The summed E-state index contributed by atoms with van der Waals surface area (Å²) in [4.78, 5) is 2.44. The molecular weight excluding hydrogens is 208 g/mol. The van der Waals surface area contributed by atoms with Gasteiger partial charge in [0, 0.05) is 18.8 Å². The monoisotopic (exact) mass is 234 g/mol. The van der Waals surface area contributed by atoms with Crippen molar-refractivity contribution in [3.05, 3.63) is 29.8 Å². The molecule has 0 fully saturated rings. The van der Waals surface area contributed by atoms with Crippen molar-refractivity contribution in [2.24, 2.45) is 0 Å². The lowest BCUT2D eigenvalue weighted by Crippen LogP contribution is -2.28. The predicted molar refractivity (Wildman–Crippen MR) is 76.8 cm³/mol. The first-order chi connectivity index (χ1) is 8.19. The number of benzene rings is 1. The molecular formula is C15H26N2. The Morgan fingerprint density at radius 3 is 2.35 bits per heavy atom. The van der Waals surface area contributed by atoms with Gasteiger partial charge in [0.2, 0.25) is 0 Å². The first-order valence-corrected chi connectivity index (χ1v) is 6.74. The number of nitrogens with zero attached hydrogens (tertiary/aromatic N) is 1. The summed E-state index contributed by atoms with van der Waals surface area (Å²) < 4.78 is 0. The van der Waals surface area contributed by atoms with Crippen LogP contribution in [0.3, 0.4) is 0 Å². The number of para-hydroxylation sites is 1. The van der Waals surface area contributed by atoms with Crippen molar-refractivity contribution in [2.75, 3.05) is 31.5 Å². The van der Waals surface area contributed by atoms with Crippen molar-refractivity contribution in [1.82, 2.24) is 4.90 Å². The minimum Gasteiger partial charge on any atom is -0.384 e. The lowest BCUT2D eigenvalue weighted by molar-refractivity contribution is 0.316. The first-order valence-electron chi connectivity index (χ1n) is 6.74. The van der Waals surface area contributed by atoms with E-state index in [2.05, 4.69) is 62.2 Å². The van der Waals surface area contributed by atoms with Gasteiger partial charge in [-0.05, 0) is 30.6 Å². The van der Waals surface area contributed by atoms with Crippen LogP contribution in [0.5, 0.6) is 0 Å². The van der Waals surface area contributed by atoms with Crippen LogP contribution in [-0.2, 0) is 0 Å². The fraction of sp³-hybridized carbons (Fsp3) is 0.600. The molecule has 0 radical (unpaired) electrons. The molecule has 0 aliphatic carbocycles. The molecule has 1 N–H and O–H groups in total. The average molecular weight is 234 g/mol. The molecule has 1 aromatic rings. The van der Waals surface area contributed by atoms with E-state index in [0.717, 1.165) is 26.2 Å². The van der Waals surface area contributed by atoms with E-state index in [-0.39, 0.29) is 0 Å². The third-order valence-electron chi connectivity index (χ3n) is 3.22. The van der Waals surface area contributed by atoms with Gasteiger partial charge < -0.3 is 10.2 Å². The molecule has 0 saturated heterocycles. The second-order valence-electron chi connectivity index (χ2n) is 4.70. The Labute approximate surface area is 106 Å². The quantitative estimate of drug-likeness (QED) is 0.776. The Bertz CT molecular complexity index is 316.